The van der Waals surface area contributed by atoms with Crippen LogP contribution in [0.5, 0.6) is 0 Å². The molecule has 8 nitrogen and oxygen atoms in total. The Labute approximate surface area is 185 Å². The third-order valence-corrected chi connectivity index (χ3v) is 5.49. The van der Waals surface area contributed by atoms with E-state index in [1.807, 2.05) is 18.7 Å². The molecule has 1 atom stereocenters. The molecule has 1 amide bonds. The van der Waals surface area contributed by atoms with Crippen LogP contribution in [0.4, 0.5) is 24.8 Å². The number of amides is 1. The molecule has 1 unspecified atom stereocenters. The second kappa shape index (κ2) is 9.35. The number of alkyl halides is 3. The number of anilines is 1. The highest BCUT2D eigenvalue weighted by Gasteiger charge is 2.48. The van der Waals surface area contributed by atoms with E-state index in [1.165, 1.54) is 18.4 Å². The number of halogens is 3. The Hall–Kier alpha value is -2.82. The zero-order chi connectivity index (χ0) is 24.3. The molecule has 2 rings (SSSR count). The smallest absolute Gasteiger partial charge is 0.397 e. The molecule has 1 aromatic rings. The minimum Gasteiger partial charge on any atom is -0.478 e. The summed E-state index contributed by atoms with van der Waals surface area (Å²) in [6.45, 7) is 6.63. The second-order valence-corrected chi connectivity index (χ2v) is 9.15. The van der Waals surface area contributed by atoms with Gasteiger partial charge < -0.3 is 26.8 Å². The Morgan fingerprint density at radius 1 is 1.34 bits per heavy atom. The summed E-state index contributed by atoms with van der Waals surface area (Å²) in [5, 5.41) is 0. The minimum absolute atomic E-state index is 0.216. The van der Waals surface area contributed by atoms with Gasteiger partial charge in [0.2, 0.25) is 0 Å². The molecule has 1 saturated heterocycles. The average molecular weight is 457 g/mol. The van der Waals surface area contributed by atoms with Gasteiger partial charge in [0.05, 0.1) is 11.0 Å². The number of pyridine rings is 1. The molecule has 32 heavy (non-hydrogen) atoms. The highest BCUT2D eigenvalue weighted by Crippen LogP contribution is 2.38. The molecular weight excluding hydrogens is 425 g/mol. The van der Waals surface area contributed by atoms with E-state index in [-0.39, 0.29) is 28.7 Å². The molecule has 2 heterocycles. The first-order valence-corrected chi connectivity index (χ1v) is 10.2. The van der Waals surface area contributed by atoms with Crippen LogP contribution in [0.2, 0.25) is 0 Å². The van der Waals surface area contributed by atoms with E-state index >= 15 is 0 Å². The molecule has 1 fully saturated rings. The van der Waals surface area contributed by atoms with Crippen molar-refractivity contribution in [2.75, 3.05) is 24.6 Å². The molecule has 1 aromatic heterocycles. The quantitative estimate of drug-likeness (QED) is 0.407. The molecule has 11 heteroatoms. The van der Waals surface area contributed by atoms with Crippen molar-refractivity contribution in [3.63, 3.8) is 0 Å². The number of aromatic nitrogens is 1. The van der Waals surface area contributed by atoms with Gasteiger partial charge in [0, 0.05) is 24.4 Å². The predicted octanol–water partition coefficient (Wildman–Crippen LogP) is 2.85. The molecule has 0 aromatic carbocycles. The van der Waals surface area contributed by atoms with E-state index in [2.05, 4.69) is 9.98 Å². The van der Waals surface area contributed by atoms with Gasteiger partial charge in [-0.15, -0.1) is 0 Å². The maximum atomic E-state index is 12.9. The van der Waals surface area contributed by atoms with Gasteiger partial charge in [-0.25, -0.2) is 9.98 Å². The summed E-state index contributed by atoms with van der Waals surface area (Å²) in [7, 11) is 0. The lowest BCUT2D eigenvalue weighted by Gasteiger charge is -2.33. The average Bonchev–Trinajstić information content (AvgIpc) is 2.99. The summed E-state index contributed by atoms with van der Waals surface area (Å²) < 4.78 is 43.7. The predicted molar refractivity (Wildman–Crippen MR) is 118 cm³/mol. The summed E-state index contributed by atoms with van der Waals surface area (Å²) in [6.07, 6.45) is -1.08. The minimum atomic E-state index is -4.42. The lowest BCUT2D eigenvalue weighted by atomic mass is 9.94. The first-order valence-electron chi connectivity index (χ1n) is 10.2. The van der Waals surface area contributed by atoms with Gasteiger partial charge in [-0.3, -0.25) is 4.79 Å². The van der Waals surface area contributed by atoms with E-state index < -0.39 is 24.1 Å². The van der Waals surface area contributed by atoms with Gasteiger partial charge in [-0.1, -0.05) is 0 Å². The molecule has 0 spiro atoms. The fourth-order valence-corrected chi connectivity index (χ4v) is 3.41. The standard InChI is InChI=1S/C21H31F3N6O2/c1-19(2,21(22,23)24)12-32-15(26)7-8-28-16-6-5-14(17(27)31)18(29-16)30-11-13(10-25)9-20(30,3)4/h5-8,13H,9-12,25-26H2,1-4H3,(H2,27,31). The van der Waals surface area contributed by atoms with Crippen molar-refractivity contribution in [2.45, 2.75) is 45.8 Å². The lowest BCUT2D eigenvalue weighted by Crippen LogP contribution is -2.40. The first kappa shape index (κ1) is 25.4. The van der Waals surface area contributed by atoms with Crippen molar-refractivity contribution >= 4 is 23.8 Å². The molecule has 0 bridgehead atoms. The molecule has 1 aliphatic heterocycles. The first-order chi connectivity index (χ1) is 14.7. The third-order valence-electron chi connectivity index (χ3n) is 5.49. The van der Waals surface area contributed by atoms with E-state index in [1.54, 1.807) is 6.07 Å². The number of carbonyl (C=O) groups is 1. The van der Waals surface area contributed by atoms with Gasteiger partial charge >= 0.3 is 6.18 Å². The topological polar surface area (TPSA) is 133 Å². The van der Waals surface area contributed by atoms with Gasteiger partial charge in [-0.05, 0) is 58.7 Å². The van der Waals surface area contributed by atoms with Crippen LogP contribution in [0.3, 0.4) is 0 Å². The van der Waals surface area contributed by atoms with Crippen LogP contribution < -0.4 is 22.1 Å². The van der Waals surface area contributed by atoms with Crippen molar-refractivity contribution < 1.29 is 22.7 Å². The number of ether oxygens (including phenoxy) is 1. The van der Waals surface area contributed by atoms with Crippen LogP contribution in [0.25, 0.3) is 0 Å². The van der Waals surface area contributed by atoms with Crippen molar-refractivity contribution in [1.29, 1.82) is 0 Å². The zero-order valence-electron chi connectivity index (χ0n) is 18.7. The number of carbonyl (C=O) groups excluding carboxylic acids is 1. The second-order valence-electron chi connectivity index (χ2n) is 9.15. The molecule has 0 saturated carbocycles. The normalized spacial score (nSPS) is 19.6. The van der Waals surface area contributed by atoms with E-state index in [0.29, 0.717) is 18.9 Å². The van der Waals surface area contributed by atoms with Crippen LogP contribution >= 0.6 is 0 Å². The number of hydrogen-bond donors (Lipinski definition) is 3. The number of nitrogens with two attached hydrogens (primary N) is 3. The van der Waals surface area contributed by atoms with E-state index in [9.17, 15) is 18.0 Å². The summed E-state index contributed by atoms with van der Waals surface area (Å²) >= 11 is 0. The van der Waals surface area contributed by atoms with Crippen LogP contribution in [0.15, 0.2) is 29.1 Å². The number of primary amides is 1. The number of rotatable bonds is 8. The highest BCUT2D eigenvalue weighted by molar-refractivity contribution is 5.98. The summed E-state index contributed by atoms with van der Waals surface area (Å²) in [6, 6.07) is 3.06. The number of hydrogen-bond acceptors (Lipinski definition) is 7. The fourth-order valence-electron chi connectivity index (χ4n) is 3.41. The molecular formula is C21H31F3N6O2. The molecule has 0 aliphatic carbocycles. The van der Waals surface area contributed by atoms with Crippen LogP contribution in [0, 0.1) is 11.3 Å². The van der Waals surface area contributed by atoms with E-state index in [4.69, 9.17) is 21.9 Å². The molecule has 178 valence electrons. The summed E-state index contributed by atoms with van der Waals surface area (Å²) in [4.78, 5) is 22.6. The SMILES string of the molecule is CC1(C)CC(CN)CN1c1nc(N=CC=C(N)OCC(C)(C)C(F)(F)F)ccc1C(N)=O. The van der Waals surface area contributed by atoms with E-state index in [0.717, 1.165) is 20.3 Å². The van der Waals surface area contributed by atoms with Gasteiger partial charge in [0.25, 0.3) is 5.91 Å². The van der Waals surface area contributed by atoms with Crippen molar-refractivity contribution in [1.82, 2.24) is 4.98 Å². The molecule has 6 N–H and O–H groups in total. The Morgan fingerprint density at radius 2 is 2.00 bits per heavy atom. The number of aliphatic imine (C=N–C) groups is 1. The van der Waals surface area contributed by atoms with Gasteiger partial charge in [0.1, 0.15) is 12.4 Å². The Morgan fingerprint density at radius 3 is 2.53 bits per heavy atom. The fraction of sp³-hybridized carbons (Fsp3) is 0.571. The Bertz CT molecular complexity index is 896. The monoisotopic (exact) mass is 456 g/mol. The third kappa shape index (κ3) is 5.90. The maximum absolute atomic E-state index is 12.9. The lowest BCUT2D eigenvalue weighted by molar-refractivity contribution is -0.223. The largest absolute Gasteiger partial charge is 0.478 e. The molecule has 1 aliphatic rings. The van der Waals surface area contributed by atoms with Crippen molar-refractivity contribution in [3.05, 3.63) is 29.7 Å². The van der Waals surface area contributed by atoms with Crippen molar-refractivity contribution in [3.8, 4) is 0 Å². The Balaban J connectivity index is 2.21. The van der Waals surface area contributed by atoms with Crippen LogP contribution in [0.1, 0.15) is 44.5 Å². The number of allylic oxidation sites excluding steroid dienone is 1. The van der Waals surface area contributed by atoms with Gasteiger partial charge in [0.15, 0.2) is 11.7 Å². The Kier molecular flexibility index (Phi) is 7.44. The summed E-state index contributed by atoms with van der Waals surface area (Å²) in [5.41, 5.74) is 14.9. The van der Waals surface area contributed by atoms with Crippen LogP contribution in [-0.2, 0) is 4.74 Å². The maximum Gasteiger partial charge on any atom is 0.397 e. The zero-order valence-corrected chi connectivity index (χ0v) is 18.7. The highest BCUT2D eigenvalue weighted by atomic mass is 19.4. The molecule has 0 radical (unpaired) electrons. The van der Waals surface area contributed by atoms with Crippen LogP contribution in [-0.4, -0.2) is 48.5 Å². The number of nitrogens with zero attached hydrogens (tertiary/aromatic N) is 3. The van der Waals surface area contributed by atoms with Crippen molar-refractivity contribution in [2.24, 2.45) is 33.5 Å². The van der Waals surface area contributed by atoms with Gasteiger partial charge in [-0.2, -0.15) is 13.2 Å². The summed E-state index contributed by atoms with van der Waals surface area (Å²) in [5.74, 6) is 0.108.